The fourth-order valence-corrected chi connectivity index (χ4v) is 4.40. The van der Waals surface area contributed by atoms with Gasteiger partial charge in [0.2, 0.25) is 0 Å². The van der Waals surface area contributed by atoms with Crippen molar-refractivity contribution in [3.05, 3.63) is 42.7 Å². The number of alkyl halides is 2. The summed E-state index contributed by atoms with van der Waals surface area (Å²) in [6.45, 7) is 4.64. The van der Waals surface area contributed by atoms with Crippen molar-refractivity contribution in [1.29, 1.82) is 0 Å². The van der Waals surface area contributed by atoms with Crippen LogP contribution in [0.2, 0.25) is 0 Å². The molecule has 2 aromatic heterocycles. The molecule has 2 aliphatic heterocycles. The van der Waals surface area contributed by atoms with Crippen LogP contribution >= 0.6 is 0 Å². The maximum atomic E-state index is 12.8. The van der Waals surface area contributed by atoms with Gasteiger partial charge in [-0.3, -0.25) is 9.78 Å². The molecule has 9 nitrogen and oxygen atoms in total. The SMILES string of the molecule is O=C(C(F)F)N1CCOC(CNc2nc(-c3ccc(N4CCNCC4)cc3)cc3nccnc23)C1. The molecule has 0 spiro atoms. The Morgan fingerprint density at radius 2 is 1.91 bits per heavy atom. The number of aromatic nitrogens is 3. The summed E-state index contributed by atoms with van der Waals surface area (Å²) < 4.78 is 31.3. The van der Waals surface area contributed by atoms with E-state index >= 15 is 0 Å². The Labute approximate surface area is 201 Å². The van der Waals surface area contributed by atoms with E-state index in [0.717, 1.165) is 42.3 Å². The summed E-state index contributed by atoms with van der Waals surface area (Å²) >= 11 is 0. The Hall–Kier alpha value is -3.44. The predicted molar refractivity (Wildman–Crippen MR) is 129 cm³/mol. The Morgan fingerprint density at radius 3 is 2.69 bits per heavy atom. The van der Waals surface area contributed by atoms with E-state index in [1.807, 2.05) is 18.2 Å². The van der Waals surface area contributed by atoms with Gasteiger partial charge in [0.1, 0.15) is 5.52 Å². The van der Waals surface area contributed by atoms with E-state index in [4.69, 9.17) is 9.72 Å². The summed E-state index contributed by atoms with van der Waals surface area (Å²) in [7, 11) is 0. The van der Waals surface area contributed by atoms with Crippen molar-refractivity contribution in [3.8, 4) is 11.3 Å². The number of carbonyl (C=O) groups is 1. The molecule has 3 aromatic rings. The molecule has 0 bridgehead atoms. The van der Waals surface area contributed by atoms with Crippen molar-refractivity contribution in [1.82, 2.24) is 25.2 Å². The molecular formula is C24H27F2N7O2. The van der Waals surface area contributed by atoms with Crippen LogP contribution in [0.25, 0.3) is 22.3 Å². The van der Waals surface area contributed by atoms with Crippen LogP contribution in [-0.2, 0) is 9.53 Å². The summed E-state index contributed by atoms with van der Waals surface area (Å²) in [5, 5.41) is 6.60. The number of hydrogen-bond donors (Lipinski definition) is 2. The highest BCUT2D eigenvalue weighted by atomic mass is 19.3. The molecule has 35 heavy (non-hydrogen) atoms. The van der Waals surface area contributed by atoms with Gasteiger partial charge in [-0.15, -0.1) is 0 Å². The molecule has 1 unspecified atom stereocenters. The van der Waals surface area contributed by atoms with Gasteiger partial charge in [0.15, 0.2) is 5.82 Å². The molecule has 184 valence electrons. The molecule has 4 heterocycles. The fraction of sp³-hybridized carbons (Fsp3) is 0.417. The highest BCUT2D eigenvalue weighted by Crippen LogP contribution is 2.27. The fourth-order valence-electron chi connectivity index (χ4n) is 4.40. The second-order valence-electron chi connectivity index (χ2n) is 8.52. The second-order valence-corrected chi connectivity index (χ2v) is 8.52. The lowest BCUT2D eigenvalue weighted by Gasteiger charge is -2.33. The lowest BCUT2D eigenvalue weighted by Crippen LogP contribution is -2.49. The summed E-state index contributed by atoms with van der Waals surface area (Å²) in [5.74, 6) is -0.642. The predicted octanol–water partition coefficient (Wildman–Crippen LogP) is 2.01. The first-order chi connectivity index (χ1) is 17.1. The molecule has 0 saturated carbocycles. The summed E-state index contributed by atoms with van der Waals surface area (Å²) in [5.41, 5.74) is 4.15. The van der Waals surface area contributed by atoms with Gasteiger partial charge in [-0.2, -0.15) is 8.78 Å². The largest absolute Gasteiger partial charge is 0.373 e. The molecule has 2 aliphatic rings. The van der Waals surface area contributed by atoms with Gasteiger partial charge in [-0.1, -0.05) is 12.1 Å². The van der Waals surface area contributed by atoms with Crippen molar-refractivity contribution in [2.24, 2.45) is 0 Å². The Bertz CT molecular complexity index is 1170. The minimum Gasteiger partial charge on any atom is -0.373 e. The van der Waals surface area contributed by atoms with E-state index in [-0.39, 0.29) is 26.2 Å². The lowest BCUT2D eigenvalue weighted by molar-refractivity contribution is -0.149. The van der Waals surface area contributed by atoms with Gasteiger partial charge in [0, 0.05) is 69.5 Å². The van der Waals surface area contributed by atoms with Crippen molar-refractivity contribution in [2.45, 2.75) is 12.5 Å². The van der Waals surface area contributed by atoms with Gasteiger partial charge < -0.3 is 25.2 Å². The topological polar surface area (TPSA) is 95.5 Å². The summed E-state index contributed by atoms with van der Waals surface area (Å²) in [6, 6.07) is 10.2. The number of nitrogens with zero attached hydrogens (tertiary/aromatic N) is 5. The van der Waals surface area contributed by atoms with Gasteiger partial charge in [-0.25, -0.2) is 9.97 Å². The standard InChI is InChI=1S/C24H27F2N7O2/c25-22(26)24(34)33-11-12-35-18(15-33)14-30-23-21-20(28-5-6-29-21)13-19(31-23)16-1-3-17(4-2-16)32-9-7-27-8-10-32/h1-6,13,18,22,27H,7-12,14-15H2,(H,30,31). The number of nitrogens with one attached hydrogen (secondary N) is 2. The van der Waals surface area contributed by atoms with Crippen LogP contribution in [0.3, 0.4) is 0 Å². The quantitative estimate of drug-likeness (QED) is 0.550. The zero-order chi connectivity index (χ0) is 24.2. The van der Waals surface area contributed by atoms with Crippen LogP contribution in [0.5, 0.6) is 0 Å². The maximum absolute atomic E-state index is 12.8. The summed E-state index contributed by atoms with van der Waals surface area (Å²) in [4.78, 5) is 28.8. The Morgan fingerprint density at radius 1 is 1.14 bits per heavy atom. The average Bonchev–Trinajstić information content (AvgIpc) is 2.92. The van der Waals surface area contributed by atoms with Crippen molar-refractivity contribution >= 4 is 28.4 Å². The molecule has 1 atom stereocenters. The number of pyridine rings is 1. The molecule has 2 N–H and O–H groups in total. The molecule has 0 radical (unpaired) electrons. The third-order valence-electron chi connectivity index (χ3n) is 6.24. The van der Waals surface area contributed by atoms with E-state index in [9.17, 15) is 13.6 Å². The van der Waals surface area contributed by atoms with Crippen LogP contribution in [0.4, 0.5) is 20.3 Å². The van der Waals surface area contributed by atoms with Gasteiger partial charge in [0.05, 0.1) is 23.9 Å². The van der Waals surface area contributed by atoms with Gasteiger partial charge in [0.25, 0.3) is 5.91 Å². The Kier molecular flexibility index (Phi) is 6.96. The number of ether oxygens (including phenoxy) is 1. The highest BCUT2D eigenvalue weighted by molar-refractivity contribution is 5.88. The van der Waals surface area contributed by atoms with Crippen molar-refractivity contribution in [2.75, 3.05) is 62.6 Å². The van der Waals surface area contributed by atoms with Crippen LogP contribution in [-0.4, -0.2) is 90.7 Å². The van der Waals surface area contributed by atoms with E-state index in [1.165, 1.54) is 5.69 Å². The number of anilines is 2. The zero-order valence-corrected chi connectivity index (χ0v) is 19.2. The highest BCUT2D eigenvalue weighted by Gasteiger charge is 2.29. The van der Waals surface area contributed by atoms with Crippen LogP contribution < -0.4 is 15.5 Å². The van der Waals surface area contributed by atoms with Crippen LogP contribution in [0.1, 0.15) is 0 Å². The normalized spacial score (nSPS) is 18.8. The first-order valence-electron chi connectivity index (χ1n) is 11.7. The number of carbonyl (C=O) groups excluding carboxylic acids is 1. The Balaban J connectivity index is 1.35. The van der Waals surface area contributed by atoms with Crippen molar-refractivity contribution in [3.63, 3.8) is 0 Å². The van der Waals surface area contributed by atoms with E-state index in [0.29, 0.717) is 16.9 Å². The lowest BCUT2D eigenvalue weighted by atomic mass is 10.1. The summed E-state index contributed by atoms with van der Waals surface area (Å²) in [6.07, 6.45) is -0.238. The van der Waals surface area contributed by atoms with Crippen LogP contribution in [0, 0.1) is 0 Å². The van der Waals surface area contributed by atoms with Crippen LogP contribution in [0.15, 0.2) is 42.7 Å². The molecule has 5 rings (SSSR count). The third kappa shape index (κ3) is 5.30. The number of fused-ring (bicyclic) bond motifs is 1. The molecule has 1 amide bonds. The number of morpholine rings is 1. The van der Waals surface area contributed by atoms with E-state index in [2.05, 4.69) is 37.6 Å². The minimum atomic E-state index is -3.02. The third-order valence-corrected chi connectivity index (χ3v) is 6.24. The first kappa shape index (κ1) is 23.3. The molecule has 0 aliphatic carbocycles. The average molecular weight is 484 g/mol. The van der Waals surface area contributed by atoms with Crippen molar-refractivity contribution < 1.29 is 18.3 Å². The molecule has 2 saturated heterocycles. The number of amides is 1. The number of halogens is 2. The first-order valence-corrected chi connectivity index (χ1v) is 11.7. The number of benzene rings is 1. The molecule has 1 aromatic carbocycles. The smallest absolute Gasteiger partial charge is 0.315 e. The monoisotopic (exact) mass is 483 g/mol. The number of piperazine rings is 1. The molecular weight excluding hydrogens is 456 g/mol. The maximum Gasteiger partial charge on any atom is 0.315 e. The van der Waals surface area contributed by atoms with Gasteiger partial charge in [-0.05, 0) is 18.2 Å². The minimum absolute atomic E-state index is 0.0902. The second kappa shape index (κ2) is 10.4. The van der Waals surface area contributed by atoms with E-state index < -0.39 is 18.4 Å². The molecule has 11 heteroatoms. The number of hydrogen-bond acceptors (Lipinski definition) is 8. The molecule has 2 fully saturated rings. The van der Waals surface area contributed by atoms with E-state index in [1.54, 1.807) is 12.4 Å². The zero-order valence-electron chi connectivity index (χ0n) is 19.2. The number of rotatable bonds is 6. The van der Waals surface area contributed by atoms with Gasteiger partial charge >= 0.3 is 6.43 Å².